The van der Waals surface area contributed by atoms with Gasteiger partial charge in [0.15, 0.2) is 0 Å². The number of hydrogen-bond donors (Lipinski definition) is 0. The first-order valence-electron chi connectivity index (χ1n) is 9.97. The van der Waals surface area contributed by atoms with E-state index in [1.54, 1.807) is 0 Å². The van der Waals surface area contributed by atoms with Crippen LogP contribution in [-0.2, 0) is 11.2 Å². The Labute approximate surface area is 161 Å². The molecule has 2 aliphatic rings. The van der Waals surface area contributed by atoms with Gasteiger partial charge in [0.25, 0.3) is 5.91 Å². The van der Waals surface area contributed by atoms with Crippen molar-refractivity contribution in [3.63, 3.8) is 0 Å². The van der Waals surface area contributed by atoms with Crippen LogP contribution in [0.1, 0.15) is 37.8 Å². The van der Waals surface area contributed by atoms with Crippen molar-refractivity contribution in [1.82, 2.24) is 4.90 Å². The number of carbonyl (C=O) groups is 1. The molecule has 2 heterocycles. The first-order valence-corrected chi connectivity index (χ1v) is 9.97. The van der Waals surface area contributed by atoms with Crippen molar-refractivity contribution < 1.29 is 4.79 Å². The standard InChI is InChI=1S/C23H27N3O/c1-3-18-10-12-19(13-11-18)24-22-20-8-4-5-9-21(20)26(23(22)27)16-25-14-6-7-17(2)15-25/h4-5,8-13,17H,3,6-7,14-16H2,1-2H3/t17-/m0/s1. The molecule has 4 heteroatoms. The van der Waals surface area contributed by atoms with E-state index in [1.807, 2.05) is 41.3 Å². The maximum atomic E-state index is 13.2. The van der Waals surface area contributed by atoms with Gasteiger partial charge in [0, 0.05) is 12.1 Å². The lowest BCUT2D eigenvalue weighted by Gasteiger charge is -2.33. The van der Waals surface area contributed by atoms with Gasteiger partial charge in [0.1, 0.15) is 5.71 Å². The van der Waals surface area contributed by atoms with Gasteiger partial charge in [0.05, 0.1) is 18.0 Å². The van der Waals surface area contributed by atoms with Crippen LogP contribution in [0.3, 0.4) is 0 Å². The number of carbonyl (C=O) groups excluding carboxylic acids is 1. The van der Waals surface area contributed by atoms with Gasteiger partial charge < -0.3 is 0 Å². The molecule has 0 radical (unpaired) electrons. The van der Waals surface area contributed by atoms with Crippen LogP contribution in [0.25, 0.3) is 0 Å². The fourth-order valence-electron chi connectivity index (χ4n) is 4.06. The van der Waals surface area contributed by atoms with Crippen LogP contribution in [0.2, 0.25) is 0 Å². The highest BCUT2D eigenvalue weighted by molar-refractivity contribution is 6.54. The third-order valence-electron chi connectivity index (χ3n) is 5.57. The number of amides is 1. The molecule has 2 aromatic carbocycles. The Morgan fingerprint density at radius 1 is 1.11 bits per heavy atom. The predicted molar refractivity (Wildman–Crippen MR) is 111 cm³/mol. The quantitative estimate of drug-likeness (QED) is 0.809. The van der Waals surface area contributed by atoms with Crippen LogP contribution in [0, 0.1) is 5.92 Å². The predicted octanol–water partition coefficient (Wildman–Crippen LogP) is 4.41. The summed E-state index contributed by atoms with van der Waals surface area (Å²) in [5, 5.41) is 0. The van der Waals surface area contributed by atoms with Crippen LogP contribution < -0.4 is 4.90 Å². The fourth-order valence-corrected chi connectivity index (χ4v) is 4.06. The van der Waals surface area contributed by atoms with Crippen molar-refractivity contribution in [2.75, 3.05) is 24.7 Å². The van der Waals surface area contributed by atoms with Gasteiger partial charge in [-0.25, -0.2) is 4.99 Å². The largest absolute Gasteiger partial charge is 0.293 e. The number of likely N-dealkylation sites (tertiary alicyclic amines) is 1. The van der Waals surface area contributed by atoms with E-state index < -0.39 is 0 Å². The lowest BCUT2D eigenvalue weighted by atomic mass is 10.0. The molecule has 0 aromatic heterocycles. The van der Waals surface area contributed by atoms with Gasteiger partial charge in [-0.1, -0.05) is 44.2 Å². The zero-order valence-electron chi connectivity index (χ0n) is 16.2. The second kappa shape index (κ2) is 7.65. The van der Waals surface area contributed by atoms with Crippen molar-refractivity contribution >= 4 is 23.0 Å². The smallest absolute Gasteiger partial charge is 0.278 e. The summed E-state index contributed by atoms with van der Waals surface area (Å²) in [6.07, 6.45) is 3.48. The molecule has 0 bridgehead atoms. The second-order valence-corrected chi connectivity index (χ2v) is 7.70. The Morgan fingerprint density at radius 2 is 1.89 bits per heavy atom. The Hall–Kier alpha value is -2.46. The lowest BCUT2D eigenvalue weighted by Crippen LogP contribution is -2.45. The Bertz CT molecular complexity index is 856. The molecule has 140 valence electrons. The van der Waals surface area contributed by atoms with Gasteiger partial charge in [0.2, 0.25) is 0 Å². The molecule has 4 rings (SSSR count). The molecule has 1 fully saturated rings. The first kappa shape index (κ1) is 17.9. The Kier molecular flexibility index (Phi) is 5.08. The average molecular weight is 361 g/mol. The summed E-state index contributed by atoms with van der Waals surface area (Å²) in [6.45, 7) is 7.18. The molecule has 0 spiro atoms. The maximum Gasteiger partial charge on any atom is 0.278 e. The molecule has 27 heavy (non-hydrogen) atoms. The summed E-state index contributed by atoms with van der Waals surface area (Å²) in [7, 11) is 0. The van der Waals surface area contributed by atoms with E-state index in [4.69, 9.17) is 4.99 Å². The number of para-hydroxylation sites is 1. The van der Waals surface area contributed by atoms with E-state index in [0.717, 1.165) is 36.4 Å². The third kappa shape index (κ3) is 3.67. The van der Waals surface area contributed by atoms with Crippen molar-refractivity contribution in [2.24, 2.45) is 10.9 Å². The summed E-state index contributed by atoms with van der Waals surface area (Å²) < 4.78 is 0. The summed E-state index contributed by atoms with van der Waals surface area (Å²) in [6, 6.07) is 16.2. The molecular weight excluding hydrogens is 334 g/mol. The number of fused-ring (bicyclic) bond motifs is 1. The molecular formula is C23H27N3O. The van der Waals surface area contributed by atoms with Crippen LogP contribution in [0.5, 0.6) is 0 Å². The summed E-state index contributed by atoms with van der Waals surface area (Å²) in [5.74, 6) is 0.700. The maximum absolute atomic E-state index is 13.2. The zero-order chi connectivity index (χ0) is 18.8. The molecule has 4 nitrogen and oxygen atoms in total. The summed E-state index contributed by atoms with van der Waals surface area (Å²) in [4.78, 5) is 22.2. The van der Waals surface area contributed by atoms with Crippen molar-refractivity contribution in [1.29, 1.82) is 0 Å². The minimum atomic E-state index is 0.00833. The van der Waals surface area contributed by atoms with Gasteiger partial charge in [-0.3, -0.25) is 14.6 Å². The van der Waals surface area contributed by atoms with Gasteiger partial charge >= 0.3 is 0 Å². The van der Waals surface area contributed by atoms with Crippen molar-refractivity contribution in [2.45, 2.75) is 33.1 Å². The Balaban J connectivity index is 1.63. The highest BCUT2D eigenvalue weighted by Gasteiger charge is 2.35. The monoisotopic (exact) mass is 361 g/mol. The number of hydrogen-bond acceptors (Lipinski definition) is 3. The molecule has 1 saturated heterocycles. The highest BCUT2D eigenvalue weighted by Crippen LogP contribution is 2.31. The van der Waals surface area contributed by atoms with E-state index in [9.17, 15) is 4.79 Å². The van der Waals surface area contributed by atoms with E-state index in [-0.39, 0.29) is 5.91 Å². The molecule has 1 amide bonds. The third-order valence-corrected chi connectivity index (χ3v) is 5.57. The number of aliphatic imine (C=N–C) groups is 1. The van der Waals surface area contributed by atoms with E-state index in [0.29, 0.717) is 18.3 Å². The SMILES string of the molecule is CCc1ccc(N=C2C(=O)N(CN3CCC[C@H](C)C3)c3ccccc32)cc1. The number of rotatable bonds is 4. The van der Waals surface area contributed by atoms with Crippen LogP contribution in [0.15, 0.2) is 53.5 Å². The molecule has 2 aromatic rings. The highest BCUT2D eigenvalue weighted by atomic mass is 16.2. The molecule has 0 unspecified atom stereocenters. The normalized spacial score (nSPS) is 21.7. The van der Waals surface area contributed by atoms with Gasteiger partial charge in [-0.2, -0.15) is 0 Å². The molecule has 0 saturated carbocycles. The zero-order valence-corrected chi connectivity index (χ0v) is 16.2. The van der Waals surface area contributed by atoms with E-state index in [2.05, 4.69) is 30.9 Å². The number of benzene rings is 2. The number of piperidine rings is 1. The second-order valence-electron chi connectivity index (χ2n) is 7.70. The minimum Gasteiger partial charge on any atom is -0.293 e. The van der Waals surface area contributed by atoms with Gasteiger partial charge in [-0.05, 0) is 55.5 Å². The topological polar surface area (TPSA) is 35.9 Å². The summed E-state index contributed by atoms with van der Waals surface area (Å²) in [5.41, 5.74) is 4.58. The Morgan fingerprint density at radius 3 is 2.63 bits per heavy atom. The molecule has 2 aliphatic heterocycles. The van der Waals surface area contributed by atoms with Crippen molar-refractivity contribution in [3.8, 4) is 0 Å². The number of aryl methyl sites for hydroxylation is 1. The molecule has 0 aliphatic carbocycles. The van der Waals surface area contributed by atoms with Crippen LogP contribution >= 0.6 is 0 Å². The minimum absolute atomic E-state index is 0.00833. The fraction of sp³-hybridized carbons (Fsp3) is 0.391. The molecule has 0 N–H and O–H groups in total. The van der Waals surface area contributed by atoms with E-state index in [1.165, 1.54) is 18.4 Å². The van der Waals surface area contributed by atoms with E-state index >= 15 is 0 Å². The molecule has 1 atom stereocenters. The average Bonchev–Trinajstić information content (AvgIpc) is 2.95. The summed E-state index contributed by atoms with van der Waals surface area (Å²) >= 11 is 0. The van der Waals surface area contributed by atoms with Crippen LogP contribution in [0.4, 0.5) is 11.4 Å². The van der Waals surface area contributed by atoms with Gasteiger partial charge in [-0.15, -0.1) is 0 Å². The van der Waals surface area contributed by atoms with Crippen LogP contribution in [-0.4, -0.2) is 36.3 Å². The lowest BCUT2D eigenvalue weighted by molar-refractivity contribution is -0.112. The number of nitrogens with zero attached hydrogens (tertiary/aromatic N) is 3. The first-order chi connectivity index (χ1) is 13.2. The van der Waals surface area contributed by atoms with Crippen molar-refractivity contribution in [3.05, 3.63) is 59.7 Å². The number of anilines is 1.